The molecule has 5 heteroatoms. The molecule has 2 aromatic carbocycles. The first-order valence-electron chi connectivity index (χ1n) is 10.4. The summed E-state index contributed by atoms with van der Waals surface area (Å²) in [5.41, 5.74) is 3.83. The quantitative estimate of drug-likeness (QED) is 0.797. The number of hydrogen-bond acceptors (Lipinski definition) is 3. The largest absolute Gasteiger partial charge is 0.368 e. The Kier molecular flexibility index (Phi) is 5.31. The molecule has 1 aliphatic carbocycles. The number of hydrogen-bond donors (Lipinski definition) is 1. The highest BCUT2D eigenvalue weighted by Crippen LogP contribution is 2.47. The molecule has 1 aliphatic heterocycles. The van der Waals surface area contributed by atoms with Crippen LogP contribution in [0, 0.1) is 19.3 Å². The smallest absolute Gasteiger partial charge is 0.238 e. The van der Waals surface area contributed by atoms with E-state index in [1.807, 2.05) is 30.0 Å². The van der Waals surface area contributed by atoms with E-state index in [1.54, 1.807) is 0 Å². The Morgan fingerprint density at radius 2 is 1.59 bits per heavy atom. The summed E-state index contributed by atoms with van der Waals surface area (Å²) in [5, 5.41) is 2.99. The third-order valence-electron chi connectivity index (χ3n) is 6.06. The number of nitrogens with one attached hydrogen (secondary N) is 1. The summed E-state index contributed by atoms with van der Waals surface area (Å²) in [6.45, 7) is 7.53. The highest BCUT2D eigenvalue weighted by atomic mass is 16.2. The van der Waals surface area contributed by atoms with Gasteiger partial charge in [0, 0.05) is 38.4 Å². The predicted octanol–water partition coefficient (Wildman–Crippen LogP) is 3.05. The number of amides is 2. The first-order chi connectivity index (χ1) is 14.0. The zero-order valence-corrected chi connectivity index (χ0v) is 17.3. The van der Waals surface area contributed by atoms with E-state index in [0.717, 1.165) is 18.7 Å². The highest BCUT2D eigenvalue weighted by molar-refractivity contribution is 6.07. The van der Waals surface area contributed by atoms with Gasteiger partial charge in [0.25, 0.3) is 0 Å². The van der Waals surface area contributed by atoms with E-state index in [-0.39, 0.29) is 11.8 Å². The molecule has 29 heavy (non-hydrogen) atoms. The van der Waals surface area contributed by atoms with Crippen molar-refractivity contribution in [1.82, 2.24) is 10.2 Å². The molecule has 0 bridgehead atoms. The van der Waals surface area contributed by atoms with Gasteiger partial charge in [-0.3, -0.25) is 9.59 Å². The molecule has 0 spiro atoms. The minimum absolute atomic E-state index is 0.00290. The van der Waals surface area contributed by atoms with E-state index in [1.165, 1.54) is 16.8 Å². The van der Waals surface area contributed by atoms with Gasteiger partial charge in [0.2, 0.25) is 11.8 Å². The summed E-state index contributed by atoms with van der Waals surface area (Å²) in [5.74, 6) is -0.117. The van der Waals surface area contributed by atoms with Crippen molar-refractivity contribution < 1.29 is 9.59 Å². The molecule has 2 amide bonds. The van der Waals surface area contributed by atoms with Gasteiger partial charge in [0.15, 0.2) is 0 Å². The van der Waals surface area contributed by atoms with Crippen LogP contribution in [-0.2, 0) is 16.1 Å². The normalized spacial score (nSPS) is 17.7. The van der Waals surface area contributed by atoms with Crippen molar-refractivity contribution in [2.75, 3.05) is 31.1 Å². The van der Waals surface area contributed by atoms with E-state index in [9.17, 15) is 9.59 Å². The molecule has 0 atom stereocenters. The number of benzene rings is 2. The van der Waals surface area contributed by atoms with Crippen LogP contribution < -0.4 is 10.2 Å². The zero-order chi connectivity index (χ0) is 20.4. The number of carbonyl (C=O) groups excluding carboxylic acids is 2. The molecule has 0 aromatic heterocycles. The van der Waals surface area contributed by atoms with E-state index in [2.05, 4.69) is 47.5 Å². The number of nitrogens with zero attached hydrogens (tertiary/aromatic N) is 2. The van der Waals surface area contributed by atoms with Crippen molar-refractivity contribution in [3.8, 4) is 0 Å². The lowest BCUT2D eigenvalue weighted by molar-refractivity contribution is -0.144. The lowest BCUT2D eigenvalue weighted by Crippen LogP contribution is -2.53. The molecule has 4 rings (SSSR count). The summed E-state index contributed by atoms with van der Waals surface area (Å²) >= 11 is 0. The molecule has 2 fully saturated rings. The molecule has 2 aliphatic rings. The van der Waals surface area contributed by atoms with Gasteiger partial charge in [0.05, 0.1) is 0 Å². The van der Waals surface area contributed by atoms with Crippen LogP contribution in [-0.4, -0.2) is 42.9 Å². The molecule has 2 aromatic rings. The van der Waals surface area contributed by atoms with Crippen LogP contribution in [0.4, 0.5) is 5.69 Å². The maximum Gasteiger partial charge on any atom is 0.238 e. The van der Waals surface area contributed by atoms with Gasteiger partial charge in [0.1, 0.15) is 5.41 Å². The maximum absolute atomic E-state index is 13.1. The number of carbonyl (C=O) groups is 2. The van der Waals surface area contributed by atoms with Crippen LogP contribution in [0.15, 0.2) is 48.5 Å². The second-order valence-corrected chi connectivity index (χ2v) is 8.37. The van der Waals surface area contributed by atoms with Gasteiger partial charge in [-0.05, 0) is 49.9 Å². The molecule has 152 valence electrons. The minimum atomic E-state index is -0.838. The Morgan fingerprint density at radius 1 is 0.931 bits per heavy atom. The van der Waals surface area contributed by atoms with Crippen molar-refractivity contribution in [3.63, 3.8) is 0 Å². The molecule has 1 saturated carbocycles. The van der Waals surface area contributed by atoms with Crippen LogP contribution in [0.3, 0.4) is 0 Å². The molecule has 1 saturated heterocycles. The number of piperazine rings is 1. The van der Waals surface area contributed by atoms with Gasteiger partial charge in [-0.15, -0.1) is 0 Å². The van der Waals surface area contributed by atoms with Gasteiger partial charge in [-0.2, -0.15) is 0 Å². The Morgan fingerprint density at radius 3 is 2.21 bits per heavy atom. The van der Waals surface area contributed by atoms with Crippen molar-refractivity contribution in [3.05, 3.63) is 65.2 Å². The van der Waals surface area contributed by atoms with Crippen molar-refractivity contribution in [2.24, 2.45) is 5.41 Å². The summed E-state index contributed by atoms with van der Waals surface area (Å²) in [6.07, 6.45) is 1.31. The first-order valence-corrected chi connectivity index (χ1v) is 10.4. The van der Waals surface area contributed by atoms with Gasteiger partial charge >= 0.3 is 0 Å². The second-order valence-electron chi connectivity index (χ2n) is 8.37. The van der Waals surface area contributed by atoms with Crippen molar-refractivity contribution in [1.29, 1.82) is 0 Å². The standard InChI is InChI=1S/C24H29N3O2/c1-18-5-3-7-20(15-18)17-25-22(28)24(9-10-24)23(29)27-13-11-26(12-14-27)21-8-4-6-19(2)16-21/h3-8,15-16H,9-14,17H2,1-2H3,(H,25,28). The maximum atomic E-state index is 13.1. The SMILES string of the molecule is Cc1cccc(CNC(=O)C2(C(=O)N3CCN(c4cccc(C)c4)CC3)CC2)c1. The van der Waals surface area contributed by atoms with Crippen LogP contribution in [0.1, 0.15) is 29.5 Å². The molecule has 5 nitrogen and oxygen atoms in total. The fourth-order valence-corrected chi connectivity index (χ4v) is 4.13. The zero-order valence-electron chi connectivity index (χ0n) is 17.3. The Balaban J connectivity index is 1.33. The lowest BCUT2D eigenvalue weighted by Gasteiger charge is -2.37. The lowest BCUT2D eigenvalue weighted by atomic mass is 10.0. The average molecular weight is 392 g/mol. The monoisotopic (exact) mass is 391 g/mol. The highest BCUT2D eigenvalue weighted by Gasteiger charge is 2.58. The van der Waals surface area contributed by atoms with E-state index in [0.29, 0.717) is 32.5 Å². The van der Waals surface area contributed by atoms with E-state index < -0.39 is 5.41 Å². The summed E-state index contributed by atoms with van der Waals surface area (Å²) in [4.78, 5) is 30.2. The predicted molar refractivity (Wildman–Crippen MR) is 115 cm³/mol. The van der Waals surface area contributed by atoms with Gasteiger partial charge < -0.3 is 15.1 Å². The summed E-state index contributed by atoms with van der Waals surface area (Å²) < 4.78 is 0. The van der Waals surface area contributed by atoms with Gasteiger partial charge in [-0.25, -0.2) is 0 Å². The van der Waals surface area contributed by atoms with Crippen LogP contribution in [0.5, 0.6) is 0 Å². The van der Waals surface area contributed by atoms with Crippen molar-refractivity contribution >= 4 is 17.5 Å². The second kappa shape index (κ2) is 7.90. The average Bonchev–Trinajstić information content (AvgIpc) is 3.54. The summed E-state index contributed by atoms with van der Waals surface area (Å²) in [7, 11) is 0. The number of aryl methyl sites for hydroxylation is 2. The van der Waals surface area contributed by atoms with Crippen LogP contribution >= 0.6 is 0 Å². The van der Waals surface area contributed by atoms with Gasteiger partial charge in [-0.1, -0.05) is 42.0 Å². The third kappa shape index (κ3) is 4.14. The molecule has 1 N–H and O–H groups in total. The van der Waals surface area contributed by atoms with Crippen molar-refractivity contribution in [2.45, 2.75) is 33.2 Å². The molecular formula is C24H29N3O2. The molecule has 0 radical (unpaired) electrons. The Bertz CT molecular complexity index is 912. The summed E-state index contributed by atoms with van der Waals surface area (Å²) in [6, 6.07) is 16.5. The van der Waals surface area contributed by atoms with E-state index >= 15 is 0 Å². The van der Waals surface area contributed by atoms with E-state index in [4.69, 9.17) is 0 Å². The molecule has 0 unspecified atom stereocenters. The first kappa shape index (κ1) is 19.5. The molecule has 1 heterocycles. The van der Waals surface area contributed by atoms with Crippen LogP contribution in [0.2, 0.25) is 0 Å². The molecular weight excluding hydrogens is 362 g/mol. The Labute approximate surface area is 172 Å². The number of anilines is 1. The Hall–Kier alpha value is -2.82. The fraction of sp³-hybridized carbons (Fsp3) is 0.417. The minimum Gasteiger partial charge on any atom is -0.368 e. The number of rotatable bonds is 5. The topological polar surface area (TPSA) is 52.7 Å². The third-order valence-corrected chi connectivity index (χ3v) is 6.06. The fourth-order valence-electron chi connectivity index (χ4n) is 4.13. The van der Waals surface area contributed by atoms with Crippen LogP contribution in [0.25, 0.3) is 0 Å².